The van der Waals surface area contributed by atoms with Gasteiger partial charge in [0.25, 0.3) is 11.7 Å². The molecule has 0 saturated heterocycles. The molecule has 2 N–H and O–H groups in total. The van der Waals surface area contributed by atoms with Crippen molar-refractivity contribution in [2.24, 2.45) is 5.73 Å². The minimum Gasteiger partial charge on any atom is -0.337 e. The molecule has 24 heavy (non-hydrogen) atoms. The number of amides is 1. The Bertz CT molecular complexity index is 635. The first kappa shape index (κ1) is 18.4. The lowest BCUT2D eigenvalue weighted by Gasteiger charge is -2.22. The predicted octanol–water partition coefficient (Wildman–Crippen LogP) is 3.64. The maximum Gasteiger partial charge on any atom is 0.288 e. The molecule has 0 fully saturated rings. The van der Waals surface area contributed by atoms with Crippen molar-refractivity contribution in [3.63, 3.8) is 0 Å². The zero-order valence-corrected chi connectivity index (χ0v) is 14.0. The van der Waals surface area contributed by atoms with Crippen LogP contribution in [0.3, 0.4) is 0 Å². The number of rotatable bonds is 8. The molecule has 1 amide bonds. The van der Waals surface area contributed by atoms with Crippen molar-refractivity contribution in [1.82, 2.24) is 4.90 Å². The highest BCUT2D eigenvalue weighted by atomic mass is 32.2. The molecule has 0 aliphatic rings. The highest BCUT2D eigenvalue weighted by Gasteiger charge is 2.15. The third-order valence-corrected chi connectivity index (χ3v) is 4.25. The third kappa shape index (κ3) is 5.62. The van der Waals surface area contributed by atoms with Crippen molar-refractivity contribution in [3.8, 4) is 0 Å². The molecule has 0 heterocycles. The average Bonchev–Trinajstić information content (AvgIpc) is 2.59. The summed E-state index contributed by atoms with van der Waals surface area (Å²) >= 11 is 0.467. The molecule has 3 nitrogen and oxygen atoms in total. The molecule has 0 aromatic heterocycles. The number of hydrogen-bond donors (Lipinski definition) is 1. The number of alkyl halides is 2. The summed E-state index contributed by atoms with van der Waals surface area (Å²) in [5.41, 5.74) is 7.24. The van der Waals surface area contributed by atoms with E-state index in [1.807, 2.05) is 30.3 Å². The summed E-state index contributed by atoms with van der Waals surface area (Å²) in [7, 11) is 0. The fraction of sp³-hybridized carbons (Fsp3) is 0.278. The highest BCUT2D eigenvalue weighted by molar-refractivity contribution is 7.99. The minimum absolute atomic E-state index is 0.134. The van der Waals surface area contributed by atoms with Crippen LogP contribution in [0.2, 0.25) is 0 Å². The lowest BCUT2D eigenvalue weighted by atomic mass is 10.1. The van der Waals surface area contributed by atoms with E-state index in [1.165, 1.54) is 0 Å². The van der Waals surface area contributed by atoms with E-state index in [0.717, 1.165) is 12.0 Å². The molecular weight excluding hydrogens is 330 g/mol. The van der Waals surface area contributed by atoms with Gasteiger partial charge >= 0.3 is 0 Å². The molecule has 2 aromatic rings. The molecule has 0 bridgehead atoms. The molecule has 0 aliphatic carbocycles. The van der Waals surface area contributed by atoms with Crippen molar-refractivity contribution >= 4 is 17.7 Å². The van der Waals surface area contributed by atoms with Gasteiger partial charge in [-0.25, -0.2) is 0 Å². The number of benzene rings is 2. The van der Waals surface area contributed by atoms with E-state index in [0.29, 0.717) is 41.9 Å². The van der Waals surface area contributed by atoms with Gasteiger partial charge in [0.05, 0.1) is 0 Å². The Hall–Kier alpha value is -1.92. The van der Waals surface area contributed by atoms with Gasteiger partial charge in [0.1, 0.15) is 0 Å². The van der Waals surface area contributed by atoms with E-state index in [9.17, 15) is 13.6 Å². The first-order chi connectivity index (χ1) is 11.6. The molecular formula is C18H20F2N2OS. The number of hydrogen-bond acceptors (Lipinski definition) is 3. The zero-order valence-electron chi connectivity index (χ0n) is 13.2. The quantitative estimate of drug-likeness (QED) is 0.739. The highest BCUT2D eigenvalue weighted by Crippen LogP contribution is 2.25. The van der Waals surface area contributed by atoms with E-state index in [2.05, 4.69) is 0 Å². The van der Waals surface area contributed by atoms with Crippen LogP contribution in [0.1, 0.15) is 15.9 Å². The molecule has 2 rings (SSSR count). The summed E-state index contributed by atoms with van der Waals surface area (Å²) in [6.45, 7) is 1.40. The minimum atomic E-state index is -2.47. The van der Waals surface area contributed by atoms with E-state index < -0.39 is 5.76 Å². The fourth-order valence-electron chi connectivity index (χ4n) is 2.34. The van der Waals surface area contributed by atoms with Gasteiger partial charge in [-0.1, -0.05) is 42.1 Å². The first-order valence-corrected chi connectivity index (χ1v) is 8.56. The van der Waals surface area contributed by atoms with Crippen LogP contribution in [0.5, 0.6) is 0 Å². The number of nitrogens with two attached hydrogens (primary N) is 1. The van der Waals surface area contributed by atoms with E-state index in [-0.39, 0.29) is 5.91 Å². The van der Waals surface area contributed by atoms with Crippen LogP contribution < -0.4 is 5.73 Å². The zero-order chi connectivity index (χ0) is 17.4. The second kappa shape index (κ2) is 9.39. The summed E-state index contributed by atoms with van der Waals surface area (Å²) in [4.78, 5) is 14.7. The molecule has 0 saturated carbocycles. The Balaban J connectivity index is 2.02. The van der Waals surface area contributed by atoms with Gasteiger partial charge in [-0.05, 0) is 36.2 Å². The first-order valence-electron chi connectivity index (χ1n) is 7.68. The Morgan fingerprint density at radius 1 is 1.04 bits per heavy atom. The Kier molecular flexibility index (Phi) is 7.21. The van der Waals surface area contributed by atoms with Crippen LogP contribution in [-0.2, 0) is 6.42 Å². The Morgan fingerprint density at radius 3 is 2.29 bits per heavy atom. The van der Waals surface area contributed by atoms with Gasteiger partial charge in [-0.2, -0.15) is 8.78 Å². The standard InChI is InChI=1S/C18H20F2N2OS/c19-18(20)24-16-8-6-15(7-9-16)17(23)22(13-11-21)12-10-14-4-2-1-3-5-14/h1-9,18H,10-13,21H2. The van der Waals surface area contributed by atoms with Gasteiger partial charge in [0.15, 0.2) is 0 Å². The largest absolute Gasteiger partial charge is 0.337 e. The van der Waals surface area contributed by atoms with Crippen molar-refractivity contribution < 1.29 is 13.6 Å². The van der Waals surface area contributed by atoms with Crippen molar-refractivity contribution in [1.29, 1.82) is 0 Å². The maximum absolute atomic E-state index is 12.6. The summed E-state index contributed by atoms with van der Waals surface area (Å²) in [6.07, 6.45) is 0.742. The van der Waals surface area contributed by atoms with Gasteiger partial charge < -0.3 is 10.6 Å². The van der Waals surface area contributed by atoms with E-state index in [4.69, 9.17) is 5.73 Å². The van der Waals surface area contributed by atoms with Crippen LogP contribution in [0.15, 0.2) is 59.5 Å². The Morgan fingerprint density at radius 2 is 1.71 bits per heavy atom. The maximum atomic E-state index is 12.6. The second-order valence-electron chi connectivity index (χ2n) is 5.22. The van der Waals surface area contributed by atoms with Gasteiger partial charge in [-0.3, -0.25) is 4.79 Å². The molecule has 128 valence electrons. The monoisotopic (exact) mass is 350 g/mol. The molecule has 0 aliphatic heterocycles. The topological polar surface area (TPSA) is 46.3 Å². The number of halogens is 2. The van der Waals surface area contributed by atoms with Gasteiger partial charge in [0.2, 0.25) is 0 Å². The number of carbonyl (C=O) groups excluding carboxylic acids is 1. The number of thioether (sulfide) groups is 1. The van der Waals surface area contributed by atoms with Crippen molar-refractivity contribution in [3.05, 3.63) is 65.7 Å². The molecule has 6 heteroatoms. The molecule has 2 aromatic carbocycles. The molecule has 0 radical (unpaired) electrons. The Labute approximate surface area is 144 Å². The van der Waals surface area contributed by atoms with Crippen LogP contribution in [0, 0.1) is 0 Å². The summed E-state index contributed by atoms with van der Waals surface area (Å²) in [5, 5.41) is 0. The van der Waals surface area contributed by atoms with Crippen molar-refractivity contribution in [2.75, 3.05) is 19.6 Å². The second-order valence-corrected chi connectivity index (χ2v) is 6.28. The van der Waals surface area contributed by atoms with Gasteiger partial charge in [0, 0.05) is 30.1 Å². The summed E-state index contributed by atoms with van der Waals surface area (Å²) in [5.74, 6) is -2.60. The van der Waals surface area contributed by atoms with E-state index in [1.54, 1.807) is 29.2 Å². The lowest BCUT2D eigenvalue weighted by Crippen LogP contribution is -2.36. The van der Waals surface area contributed by atoms with Crippen molar-refractivity contribution in [2.45, 2.75) is 17.1 Å². The summed E-state index contributed by atoms with van der Waals surface area (Å²) < 4.78 is 24.7. The molecule has 0 spiro atoms. The SMILES string of the molecule is NCCN(CCc1ccccc1)C(=O)c1ccc(SC(F)F)cc1. The lowest BCUT2D eigenvalue weighted by molar-refractivity contribution is 0.0762. The fourth-order valence-corrected chi connectivity index (χ4v) is 2.84. The number of carbonyl (C=O) groups is 1. The predicted molar refractivity (Wildman–Crippen MR) is 93.4 cm³/mol. The van der Waals surface area contributed by atoms with Gasteiger partial charge in [-0.15, -0.1) is 0 Å². The molecule has 0 unspecified atom stereocenters. The van der Waals surface area contributed by atoms with Crippen LogP contribution in [0.25, 0.3) is 0 Å². The smallest absolute Gasteiger partial charge is 0.288 e. The van der Waals surface area contributed by atoms with Crippen LogP contribution in [0.4, 0.5) is 8.78 Å². The summed E-state index contributed by atoms with van der Waals surface area (Å²) in [6, 6.07) is 16.2. The number of nitrogens with zero attached hydrogens (tertiary/aromatic N) is 1. The normalized spacial score (nSPS) is 10.8. The van der Waals surface area contributed by atoms with Crippen LogP contribution in [-0.4, -0.2) is 36.2 Å². The van der Waals surface area contributed by atoms with Crippen LogP contribution >= 0.6 is 11.8 Å². The average molecular weight is 350 g/mol. The third-order valence-electron chi connectivity index (χ3n) is 3.53. The van der Waals surface area contributed by atoms with E-state index >= 15 is 0 Å². The molecule has 0 atom stereocenters.